The number of alkyl halides is 1. The van der Waals surface area contributed by atoms with Gasteiger partial charge < -0.3 is 5.11 Å². The molecule has 0 fully saturated rings. The second-order valence-corrected chi connectivity index (χ2v) is 4.25. The van der Waals surface area contributed by atoms with Crippen LogP contribution in [0.4, 0.5) is 4.39 Å². The molecule has 0 saturated heterocycles. The van der Waals surface area contributed by atoms with Crippen molar-refractivity contribution in [2.24, 2.45) is 0 Å². The van der Waals surface area contributed by atoms with Crippen LogP contribution in [-0.2, 0) is 12.0 Å². The van der Waals surface area contributed by atoms with Crippen LogP contribution < -0.4 is 0 Å². The van der Waals surface area contributed by atoms with E-state index in [1.807, 2.05) is 20.8 Å². The Morgan fingerprint density at radius 2 is 2.13 bits per heavy atom. The van der Waals surface area contributed by atoms with Gasteiger partial charge >= 0.3 is 5.97 Å². The van der Waals surface area contributed by atoms with Crippen LogP contribution in [0, 0.1) is 0 Å². The van der Waals surface area contributed by atoms with Gasteiger partial charge in [0.1, 0.15) is 6.67 Å². The third kappa shape index (κ3) is 2.31. The molecule has 5 nitrogen and oxygen atoms in total. The Bertz CT molecular complexity index is 368. The predicted octanol–water partition coefficient (Wildman–Crippen LogP) is 1.24. The van der Waals surface area contributed by atoms with Crippen molar-refractivity contribution in [3.05, 3.63) is 11.4 Å². The van der Waals surface area contributed by atoms with E-state index < -0.39 is 18.1 Å². The Kier molecular flexibility index (Phi) is 3.06. The summed E-state index contributed by atoms with van der Waals surface area (Å²) in [6.45, 7) is 4.96. The molecule has 15 heavy (non-hydrogen) atoms. The molecule has 0 bridgehead atoms. The number of hydrogen-bond acceptors (Lipinski definition) is 3. The molecule has 1 N–H and O–H groups in total. The van der Waals surface area contributed by atoms with Crippen molar-refractivity contribution < 1.29 is 14.3 Å². The molecule has 1 rings (SSSR count). The Hall–Kier alpha value is -1.46. The Morgan fingerprint density at radius 1 is 1.53 bits per heavy atom. The van der Waals surface area contributed by atoms with E-state index in [0.717, 1.165) is 0 Å². The van der Waals surface area contributed by atoms with E-state index in [4.69, 9.17) is 5.11 Å². The number of aryl methyl sites for hydroxylation is 1. The van der Waals surface area contributed by atoms with Gasteiger partial charge in [0.15, 0.2) is 5.69 Å². The van der Waals surface area contributed by atoms with Gasteiger partial charge in [-0.25, -0.2) is 13.9 Å². The number of aromatic carboxylic acids is 1. The maximum absolute atomic E-state index is 12.2. The first kappa shape index (κ1) is 11.6. The summed E-state index contributed by atoms with van der Waals surface area (Å²) < 4.78 is 13.5. The molecule has 0 aromatic carbocycles. The molecule has 6 heteroatoms. The molecule has 0 aliphatic heterocycles. The molecule has 0 spiro atoms. The molecule has 0 atom stereocenters. The van der Waals surface area contributed by atoms with E-state index in [0.29, 0.717) is 5.69 Å². The standard InChI is InChI=1S/C9H14FN3O2/c1-9(2,3)7-6(8(14)15)11-12-13(7)5-4-10/h4-5H2,1-3H3,(H,14,15). The average Bonchev–Trinajstić information content (AvgIpc) is 2.47. The van der Waals surface area contributed by atoms with Crippen LogP contribution in [0.25, 0.3) is 0 Å². The minimum absolute atomic E-state index is 0.0346. The molecule has 1 aromatic heterocycles. The maximum Gasteiger partial charge on any atom is 0.358 e. The third-order valence-electron chi connectivity index (χ3n) is 1.94. The molecular weight excluding hydrogens is 201 g/mol. The molecule has 0 aliphatic rings. The van der Waals surface area contributed by atoms with Gasteiger partial charge in [-0.1, -0.05) is 26.0 Å². The number of halogens is 1. The molecule has 0 amide bonds. The Morgan fingerprint density at radius 3 is 2.53 bits per heavy atom. The van der Waals surface area contributed by atoms with Crippen molar-refractivity contribution in [3.63, 3.8) is 0 Å². The average molecular weight is 215 g/mol. The van der Waals surface area contributed by atoms with E-state index in [9.17, 15) is 9.18 Å². The van der Waals surface area contributed by atoms with E-state index in [-0.39, 0.29) is 12.2 Å². The van der Waals surface area contributed by atoms with Gasteiger partial charge in [-0.3, -0.25) is 0 Å². The van der Waals surface area contributed by atoms with Crippen LogP contribution in [-0.4, -0.2) is 32.7 Å². The van der Waals surface area contributed by atoms with Crippen LogP contribution in [0.15, 0.2) is 0 Å². The van der Waals surface area contributed by atoms with Gasteiger partial charge in [0.05, 0.1) is 12.2 Å². The van der Waals surface area contributed by atoms with Crippen molar-refractivity contribution in [3.8, 4) is 0 Å². The van der Waals surface area contributed by atoms with Gasteiger partial charge in [-0.05, 0) is 0 Å². The van der Waals surface area contributed by atoms with Gasteiger partial charge in [-0.2, -0.15) is 0 Å². The zero-order valence-corrected chi connectivity index (χ0v) is 8.99. The summed E-state index contributed by atoms with van der Waals surface area (Å²) in [4.78, 5) is 10.9. The van der Waals surface area contributed by atoms with Crippen LogP contribution in [0.1, 0.15) is 37.0 Å². The smallest absolute Gasteiger partial charge is 0.358 e. The number of rotatable bonds is 3. The topological polar surface area (TPSA) is 68.0 Å². The fourth-order valence-electron chi connectivity index (χ4n) is 1.44. The molecule has 1 aromatic rings. The summed E-state index contributed by atoms with van der Waals surface area (Å²) >= 11 is 0. The molecule has 0 aliphatic carbocycles. The lowest BCUT2D eigenvalue weighted by molar-refractivity contribution is 0.0687. The quantitative estimate of drug-likeness (QED) is 0.823. The molecule has 1 heterocycles. The van der Waals surface area contributed by atoms with Crippen LogP contribution in [0.3, 0.4) is 0 Å². The summed E-state index contributed by atoms with van der Waals surface area (Å²) in [7, 11) is 0. The van der Waals surface area contributed by atoms with Crippen molar-refractivity contribution >= 4 is 5.97 Å². The highest BCUT2D eigenvalue weighted by Gasteiger charge is 2.28. The number of carboxylic acid groups (broad SMARTS) is 1. The molecule has 84 valence electrons. The normalized spacial score (nSPS) is 11.7. The molecule has 0 saturated carbocycles. The summed E-state index contributed by atoms with van der Waals surface area (Å²) in [6, 6.07) is 0. The Labute approximate surface area is 86.9 Å². The highest BCUT2D eigenvalue weighted by molar-refractivity contribution is 5.86. The number of carboxylic acids is 1. The van der Waals surface area contributed by atoms with Crippen molar-refractivity contribution in [2.75, 3.05) is 6.67 Å². The lowest BCUT2D eigenvalue weighted by atomic mass is 9.90. The summed E-state index contributed by atoms with van der Waals surface area (Å²) in [6.07, 6.45) is 0. The zero-order valence-electron chi connectivity index (χ0n) is 8.99. The summed E-state index contributed by atoms with van der Waals surface area (Å²) in [5.74, 6) is -1.13. The lowest BCUT2D eigenvalue weighted by Gasteiger charge is -2.19. The van der Waals surface area contributed by atoms with Gasteiger partial charge in [0.2, 0.25) is 0 Å². The van der Waals surface area contributed by atoms with E-state index in [1.165, 1.54) is 4.68 Å². The summed E-state index contributed by atoms with van der Waals surface area (Å²) in [5, 5.41) is 16.1. The van der Waals surface area contributed by atoms with Crippen molar-refractivity contribution in [2.45, 2.75) is 32.7 Å². The highest BCUT2D eigenvalue weighted by atomic mass is 19.1. The van der Waals surface area contributed by atoms with E-state index >= 15 is 0 Å². The monoisotopic (exact) mass is 215 g/mol. The first-order valence-corrected chi connectivity index (χ1v) is 4.61. The van der Waals surface area contributed by atoms with Gasteiger partial charge in [-0.15, -0.1) is 5.10 Å². The van der Waals surface area contributed by atoms with E-state index in [1.54, 1.807) is 0 Å². The zero-order chi connectivity index (χ0) is 11.6. The summed E-state index contributed by atoms with van der Waals surface area (Å²) in [5.41, 5.74) is -0.0737. The SMILES string of the molecule is CC(C)(C)c1c(C(=O)O)nnn1CCF. The highest BCUT2D eigenvalue weighted by Crippen LogP contribution is 2.24. The second kappa shape index (κ2) is 3.96. The third-order valence-corrected chi connectivity index (χ3v) is 1.94. The second-order valence-electron chi connectivity index (χ2n) is 4.25. The number of aromatic nitrogens is 3. The van der Waals surface area contributed by atoms with Gasteiger partial charge in [0.25, 0.3) is 0 Å². The minimum atomic E-state index is -1.13. The number of hydrogen-bond donors (Lipinski definition) is 1. The largest absolute Gasteiger partial charge is 0.476 e. The van der Waals surface area contributed by atoms with Crippen molar-refractivity contribution in [1.29, 1.82) is 0 Å². The number of nitrogens with zero attached hydrogens (tertiary/aromatic N) is 3. The molecular formula is C9H14FN3O2. The molecule has 0 unspecified atom stereocenters. The van der Waals surface area contributed by atoms with Crippen molar-refractivity contribution in [1.82, 2.24) is 15.0 Å². The van der Waals surface area contributed by atoms with Crippen LogP contribution in [0.2, 0.25) is 0 Å². The lowest BCUT2D eigenvalue weighted by Crippen LogP contribution is -2.22. The first-order valence-electron chi connectivity index (χ1n) is 4.61. The van der Waals surface area contributed by atoms with E-state index in [2.05, 4.69) is 10.3 Å². The maximum atomic E-state index is 12.2. The minimum Gasteiger partial charge on any atom is -0.476 e. The van der Waals surface area contributed by atoms with Crippen LogP contribution in [0.5, 0.6) is 0 Å². The number of carbonyl (C=O) groups is 1. The van der Waals surface area contributed by atoms with Crippen LogP contribution >= 0.6 is 0 Å². The predicted molar refractivity (Wildman–Crippen MR) is 51.7 cm³/mol. The first-order chi connectivity index (χ1) is 6.88. The molecule has 0 radical (unpaired) electrons. The van der Waals surface area contributed by atoms with Gasteiger partial charge in [0, 0.05) is 5.41 Å². The fraction of sp³-hybridized carbons (Fsp3) is 0.667. The fourth-order valence-corrected chi connectivity index (χ4v) is 1.44. The Balaban J connectivity index is 3.27.